The minimum atomic E-state index is -4.58. The molecule has 1 unspecified atom stereocenters. The highest BCUT2D eigenvalue weighted by Crippen LogP contribution is 2.34. The minimum Gasteiger partial charge on any atom is -0.324 e. The van der Waals surface area contributed by atoms with Gasteiger partial charge in [-0.3, -0.25) is 14.4 Å². The minimum absolute atomic E-state index is 0.0144. The van der Waals surface area contributed by atoms with Crippen LogP contribution in [0, 0.1) is 6.92 Å². The Hall–Kier alpha value is -4.54. The predicted molar refractivity (Wildman–Crippen MR) is 169 cm³/mol. The molecular formula is C33H27ClF3N3O3S. The number of thioether (sulfide) groups is 1. The first-order chi connectivity index (χ1) is 20.9. The average Bonchev–Trinajstić information content (AvgIpc) is 2.99. The second-order valence-corrected chi connectivity index (χ2v) is 11.5. The number of carbonyl (C=O) groups excluding carboxylic acids is 3. The second kappa shape index (κ2) is 14.3. The largest absolute Gasteiger partial charge is 0.416 e. The van der Waals surface area contributed by atoms with Gasteiger partial charge in [0.05, 0.1) is 21.5 Å². The molecule has 0 bridgehead atoms. The first-order valence-corrected chi connectivity index (χ1v) is 14.6. The molecule has 4 aromatic carbocycles. The maximum atomic E-state index is 13.3. The Morgan fingerprint density at radius 3 is 2.16 bits per heavy atom. The summed E-state index contributed by atoms with van der Waals surface area (Å²) in [7, 11) is 0. The molecule has 6 nitrogen and oxygen atoms in total. The van der Waals surface area contributed by atoms with Crippen molar-refractivity contribution >= 4 is 58.5 Å². The van der Waals surface area contributed by atoms with Crippen LogP contribution in [0.2, 0.25) is 5.02 Å². The molecule has 0 radical (unpaired) electrons. The molecule has 3 N–H and O–H groups in total. The maximum Gasteiger partial charge on any atom is 0.416 e. The van der Waals surface area contributed by atoms with E-state index in [4.69, 9.17) is 11.6 Å². The van der Waals surface area contributed by atoms with Crippen LogP contribution in [0.3, 0.4) is 0 Å². The number of halogens is 4. The molecule has 0 spiro atoms. The number of rotatable bonds is 9. The van der Waals surface area contributed by atoms with Crippen LogP contribution in [-0.2, 0) is 15.8 Å². The summed E-state index contributed by atoms with van der Waals surface area (Å²) in [5, 5.41) is 7.22. The molecule has 0 saturated carbocycles. The lowest BCUT2D eigenvalue weighted by molar-refractivity contribution is -0.137. The number of aryl methyl sites for hydroxylation is 1. The first kappa shape index (κ1) is 32.4. The summed E-state index contributed by atoms with van der Waals surface area (Å²) in [6.45, 7) is 3.55. The predicted octanol–water partition coefficient (Wildman–Crippen LogP) is 8.20. The van der Waals surface area contributed by atoms with Crippen molar-refractivity contribution in [1.29, 1.82) is 0 Å². The van der Waals surface area contributed by atoms with Crippen molar-refractivity contribution in [2.45, 2.75) is 30.2 Å². The van der Waals surface area contributed by atoms with Gasteiger partial charge in [0.15, 0.2) is 0 Å². The third kappa shape index (κ3) is 8.98. The number of carbonyl (C=O) groups is 3. The number of alkyl halides is 3. The molecule has 4 aromatic rings. The van der Waals surface area contributed by atoms with Gasteiger partial charge in [0.1, 0.15) is 5.70 Å². The van der Waals surface area contributed by atoms with Crippen LogP contribution in [0.1, 0.15) is 34.0 Å². The van der Waals surface area contributed by atoms with Gasteiger partial charge in [-0.15, -0.1) is 11.8 Å². The van der Waals surface area contributed by atoms with Crippen molar-refractivity contribution in [2.75, 3.05) is 10.6 Å². The smallest absolute Gasteiger partial charge is 0.324 e. The van der Waals surface area contributed by atoms with Crippen molar-refractivity contribution < 1.29 is 27.6 Å². The van der Waals surface area contributed by atoms with Crippen molar-refractivity contribution in [3.8, 4) is 0 Å². The standard InChI is InChI=1S/C33H27ClF3N3O3S/c1-20-8-10-22(11-9-20)18-29(40-31(42)23-6-4-3-5-7-23)32(43)38-25-13-15-26(16-14-25)44-21(2)30(41)39-28-19-24(33(35,36)37)12-17-27(28)34/h3-19,21H,1-2H3,(H,38,43)(H,39,41)(H,40,42)/b29-18-. The summed E-state index contributed by atoms with van der Waals surface area (Å²) in [5.41, 5.74) is 1.59. The van der Waals surface area contributed by atoms with E-state index in [9.17, 15) is 27.6 Å². The molecule has 0 fully saturated rings. The summed E-state index contributed by atoms with van der Waals surface area (Å²) < 4.78 is 39.2. The Labute approximate surface area is 261 Å². The van der Waals surface area contributed by atoms with Crippen LogP contribution in [0.15, 0.2) is 108 Å². The van der Waals surface area contributed by atoms with E-state index in [1.54, 1.807) is 67.6 Å². The quantitative estimate of drug-likeness (QED) is 0.128. The van der Waals surface area contributed by atoms with E-state index < -0.39 is 34.7 Å². The molecule has 11 heteroatoms. The van der Waals surface area contributed by atoms with Gasteiger partial charge in [0.2, 0.25) is 5.91 Å². The highest BCUT2D eigenvalue weighted by atomic mass is 35.5. The Morgan fingerprint density at radius 2 is 1.52 bits per heavy atom. The molecule has 226 valence electrons. The van der Waals surface area contributed by atoms with E-state index in [1.807, 2.05) is 31.2 Å². The molecular weight excluding hydrogens is 611 g/mol. The number of amides is 3. The van der Waals surface area contributed by atoms with Crippen LogP contribution >= 0.6 is 23.4 Å². The van der Waals surface area contributed by atoms with Crippen LogP contribution < -0.4 is 16.0 Å². The Kier molecular flexibility index (Phi) is 10.5. The molecule has 0 aliphatic heterocycles. The molecule has 0 aliphatic carbocycles. The van der Waals surface area contributed by atoms with Crippen LogP contribution in [0.4, 0.5) is 24.5 Å². The lowest BCUT2D eigenvalue weighted by atomic mass is 10.1. The van der Waals surface area contributed by atoms with Crippen molar-refractivity contribution in [3.63, 3.8) is 0 Å². The van der Waals surface area contributed by atoms with Crippen molar-refractivity contribution in [3.05, 3.63) is 130 Å². The topological polar surface area (TPSA) is 87.3 Å². The van der Waals surface area contributed by atoms with Gasteiger partial charge in [-0.2, -0.15) is 13.2 Å². The van der Waals surface area contributed by atoms with E-state index in [0.717, 1.165) is 29.3 Å². The molecule has 0 heterocycles. The zero-order chi connectivity index (χ0) is 31.9. The Morgan fingerprint density at radius 1 is 0.864 bits per heavy atom. The number of nitrogens with one attached hydrogen (secondary N) is 3. The summed E-state index contributed by atoms with van der Waals surface area (Å²) >= 11 is 7.17. The molecule has 0 saturated heterocycles. The van der Waals surface area contributed by atoms with Crippen molar-refractivity contribution in [1.82, 2.24) is 5.32 Å². The first-order valence-electron chi connectivity index (χ1n) is 13.3. The monoisotopic (exact) mass is 637 g/mol. The summed E-state index contributed by atoms with van der Waals surface area (Å²) in [6, 6.07) is 25.3. The van der Waals surface area contributed by atoms with Gasteiger partial charge in [0, 0.05) is 16.1 Å². The molecule has 4 rings (SSSR count). The number of hydrogen-bond donors (Lipinski definition) is 3. The second-order valence-electron chi connectivity index (χ2n) is 9.71. The summed E-state index contributed by atoms with van der Waals surface area (Å²) in [6.07, 6.45) is -3.00. The van der Waals surface area contributed by atoms with Gasteiger partial charge in [-0.05, 0) is 80.1 Å². The fourth-order valence-electron chi connectivity index (χ4n) is 3.88. The third-order valence-corrected chi connectivity index (χ3v) is 7.70. The fourth-order valence-corrected chi connectivity index (χ4v) is 4.91. The van der Waals surface area contributed by atoms with E-state index in [2.05, 4.69) is 16.0 Å². The zero-order valence-electron chi connectivity index (χ0n) is 23.5. The van der Waals surface area contributed by atoms with Crippen LogP contribution in [-0.4, -0.2) is 23.0 Å². The highest BCUT2D eigenvalue weighted by molar-refractivity contribution is 8.00. The normalized spacial score (nSPS) is 12.3. The number of hydrogen-bond acceptors (Lipinski definition) is 4. The number of benzene rings is 4. The molecule has 44 heavy (non-hydrogen) atoms. The number of anilines is 2. The third-order valence-electron chi connectivity index (χ3n) is 6.26. The van der Waals surface area contributed by atoms with E-state index in [-0.39, 0.29) is 16.4 Å². The average molecular weight is 638 g/mol. The van der Waals surface area contributed by atoms with Gasteiger partial charge in [-0.1, -0.05) is 59.6 Å². The summed E-state index contributed by atoms with van der Waals surface area (Å²) in [4.78, 5) is 39.5. The van der Waals surface area contributed by atoms with Gasteiger partial charge < -0.3 is 16.0 Å². The lowest BCUT2D eigenvalue weighted by Crippen LogP contribution is -2.30. The van der Waals surface area contributed by atoms with E-state index in [0.29, 0.717) is 16.1 Å². The highest BCUT2D eigenvalue weighted by Gasteiger charge is 2.31. The maximum absolute atomic E-state index is 13.3. The van der Waals surface area contributed by atoms with Crippen LogP contribution in [0.5, 0.6) is 0 Å². The molecule has 1 atom stereocenters. The van der Waals surface area contributed by atoms with Gasteiger partial charge >= 0.3 is 6.18 Å². The Bertz CT molecular complexity index is 1680. The van der Waals surface area contributed by atoms with Gasteiger partial charge in [-0.25, -0.2) is 0 Å². The SMILES string of the molecule is Cc1ccc(/C=C(\NC(=O)c2ccccc2)C(=O)Nc2ccc(SC(C)C(=O)Nc3cc(C(F)(F)F)ccc3Cl)cc2)cc1. The molecule has 3 amide bonds. The fraction of sp³-hybridized carbons (Fsp3) is 0.121. The lowest BCUT2D eigenvalue weighted by Gasteiger charge is -2.15. The zero-order valence-corrected chi connectivity index (χ0v) is 25.1. The molecule has 0 aromatic heterocycles. The Balaban J connectivity index is 1.42. The van der Waals surface area contributed by atoms with E-state index >= 15 is 0 Å². The van der Waals surface area contributed by atoms with Crippen molar-refractivity contribution in [2.24, 2.45) is 0 Å². The summed E-state index contributed by atoms with van der Waals surface area (Å²) in [5.74, 6) is -1.51. The van der Waals surface area contributed by atoms with E-state index in [1.165, 1.54) is 11.8 Å². The van der Waals surface area contributed by atoms with Gasteiger partial charge in [0.25, 0.3) is 11.8 Å². The molecule has 0 aliphatic rings. The van der Waals surface area contributed by atoms with Crippen LogP contribution in [0.25, 0.3) is 6.08 Å².